The highest BCUT2D eigenvalue weighted by molar-refractivity contribution is 5.81. The Labute approximate surface area is 162 Å². The van der Waals surface area contributed by atoms with Gasteiger partial charge in [0, 0.05) is 43.6 Å². The third-order valence-electron chi connectivity index (χ3n) is 5.19. The first-order valence-corrected chi connectivity index (χ1v) is 10.0. The number of amides is 1. The summed E-state index contributed by atoms with van der Waals surface area (Å²) >= 11 is 0. The second-order valence-corrected chi connectivity index (χ2v) is 8.48. The normalized spacial score (nSPS) is 15.9. The van der Waals surface area contributed by atoms with Crippen molar-refractivity contribution in [1.82, 2.24) is 24.6 Å². The van der Waals surface area contributed by atoms with E-state index in [0.29, 0.717) is 5.92 Å². The molecule has 1 aliphatic rings. The standard InChI is InChI=1S/C21H31N5O/c1-5-12-26-18(6-9-24-26)19-17(22-10-11-23-19)15-16-7-13-25(14-8-16)20(27)21(2,3)4/h6,9-11,16H,5,7-8,12-15H2,1-4H3. The topological polar surface area (TPSA) is 63.9 Å². The minimum Gasteiger partial charge on any atom is -0.342 e. The van der Waals surface area contributed by atoms with Gasteiger partial charge in [-0.1, -0.05) is 27.7 Å². The fourth-order valence-corrected chi connectivity index (χ4v) is 3.74. The quantitative estimate of drug-likeness (QED) is 0.808. The number of carbonyl (C=O) groups is 1. The van der Waals surface area contributed by atoms with E-state index in [1.807, 2.05) is 42.6 Å². The molecule has 0 aromatic carbocycles. The summed E-state index contributed by atoms with van der Waals surface area (Å²) in [6.45, 7) is 10.7. The molecule has 0 saturated carbocycles. The molecule has 1 saturated heterocycles. The summed E-state index contributed by atoms with van der Waals surface area (Å²) in [4.78, 5) is 23.8. The van der Waals surface area contributed by atoms with Crippen molar-refractivity contribution in [3.63, 3.8) is 0 Å². The van der Waals surface area contributed by atoms with Gasteiger partial charge in [0.05, 0.1) is 11.4 Å². The zero-order valence-electron chi connectivity index (χ0n) is 17.0. The molecule has 3 heterocycles. The van der Waals surface area contributed by atoms with E-state index in [0.717, 1.165) is 62.4 Å². The van der Waals surface area contributed by atoms with Gasteiger partial charge in [0.15, 0.2) is 0 Å². The van der Waals surface area contributed by atoms with Crippen LogP contribution in [0.3, 0.4) is 0 Å². The lowest BCUT2D eigenvalue weighted by molar-refractivity contribution is -0.140. The Balaban J connectivity index is 1.69. The average molecular weight is 370 g/mol. The van der Waals surface area contributed by atoms with Crippen LogP contribution in [0.15, 0.2) is 24.7 Å². The lowest BCUT2D eigenvalue weighted by atomic mass is 9.88. The summed E-state index contributed by atoms with van der Waals surface area (Å²) < 4.78 is 2.01. The van der Waals surface area contributed by atoms with Gasteiger partial charge in [-0.3, -0.25) is 19.4 Å². The van der Waals surface area contributed by atoms with Gasteiger partial charge in [-0.25, -0.2) is 0 Å². The van der Waals surface area contributed by atoms with Gasteiger partial charge >= 0.3 is 0 Å². The molecule has 0 atom stereocenters. The molecular formula is C21H31N5O. The highest BCUT2D eigenvalue weighted by Gasteiger charge is 2.30. The van der Waals surface area contributed by atoms with Crippen LogP contribution in [0, 0.1) is 11.3 Å². The summed E-state index contributed by atoms with van der Waals surface area (Å²) in [5, 5.41) is 4.43. The number of likely N-dealkylation sites (tertiary alicyclic amines) is 1. The zero-order chi connectivity index (χ0) is 19.4. The SMILES string of the molecule is CCCn1nccc1-c1nccnc1CC1CCN(C(=O)C(C)(C)C)CC1. The fourth-order valence-electron chi connectivity index (χ4n) is 3.74. The monoisotopic (exact) mass is 369 g/mol. The minimum atomic E-state index is -0.303. The number of piperidine rings is 1. The largest absolute Gasteiger partial charge is 0.342 e. The van der Waals surface area contributed by atoms with Crippen LogP contribution < -0.4 is 0 Å². The van der Waals surface area contributed by atoms with Crippen LogP contribution in [0.4, 0.5) is 0 Å². The van der Waals surface area contributed by atoms with Crippen LogP contribution in [0.2, 0.25) is 0 Å². The second-order valence-electron chi connectivity index (χ2n) is 8.48. The number of carbonyl (C=O) groups excluding carboxylic acids is 1. The summed E-state index contributed by atoms with van der Waals surface area (Å²) in [7, 11) is 0. The number of aromatic nitrogens is 4. The summed E-state index contributed by atoms with van der Waals surface area (Å²) in [5.41, 5.74) is 2.72. The number of hydrogen-bond acceptors (Lipinski definition) is 4. The first-order valence-electron chi connectivity index (χ1n) is 10.0. The smallest absolute Gasteiger partial charge is 0.227 e. The maximum atomic E-state index is 12.5. The maximum absolute atomic E-state index is 12.5. The van der Waals surface area contributed by atoms with E-state index in [2.05, 4.69) is 22.0 Å². The van der Waals surface area contributed by atoms with E-state index in [-0.39, 0.29) is 11.3 Å². The molecule has 0 radical (unpaired) electrons. The predicted octanol–water partition coefficient (Wildman–Crippen LogP) is 3.58. The lowest BCUT2D eigenvalue weighted by Crippen LogP contribution is -2.44. The van der Waals surface area contributed by atoms with E-state index in [1.54, 1.807) is 12.4 Å². The van der Waals surface area contributed by atoms with Gasteiger partial charge in [-0.05, 0) is 37.7 Å². The van der Waals surface area contributed by atoms with Crippen LogP contribution >= 0.6 is 0 Å². The average Bonchev–Trinajstić information content (AvgIpc) is 3.10. The highest BCUT2D eigenvalue weighted by atomic mass is 16.2. The molecule has 0 bridgehead atoms. The third-order valence-corrected chi connectivity index (χ3v) is 5.19. The third kappa shape index (κ3) is 4.54. The van der Waals surface area contributed by atoms with Crippen molar-refractivity contribution < 1.29 is 4.79 Å². The molecule has 2 aromatic rings. The number of nitrogens with zero attached hydrogens (tertiary/aromatic N) is 5. The molecular weight excluding hydrogens is 338 g/mol. The van der Waals surface area contributed by atoms with Gasteiger partial charge in [0.2, 0.25) is 5.91 Å². The Morgan fingerprint density at radius 2 is 1.85 bits per heavy atom. The molecule has 1 amide bonds. The zero-order valence-corrected chi connectivity index (χ0v) is 17.0. The predicted molar refractivity (Wildman–Crippen MR) is 106 cm³/mol. The summed E-state index contributed by atoms with van der Waals surface area (Å²) in [5.74, 6) is 0.789. The Morgan fingerprint density at radius 3 is 2.52 bits per heavy atom. The Bertz CT molecular complexity index is 769. The molecule has 0 N–H and O–H groups in total. The van der Waals surface area contributed by atoms with Crippen molar-refractivity contribution in [2.24, 2.45) is 11.3 Å². The van der Waals surface area contributed by atoms with Crippen LogP contribution in [-0.2, 0) is 17.8 Å². The number of rotatable bonds is 5. The molecule has 3 rings (SSSR count). The molecule has 6 heteroatoms. The van der Waals surface area contributed by atoms with Crippen LogP contribution in [-0.4, -0.2) is 43.6 Å². The molecule has 0 unspecified atom stereocenters. The van der Waals surface area contributed by atoms with E-state index in [1.165, 1.54) is 0 Å². The first kappa shape index (κ1) is 19.5. The van der Waals surface area contributed by atoms with Crippen molar-refractivity contribution in [2.75, 3.05) is 13.1 Å². The van der Waals surface area contributed by atoms with Gasteiger partial charge < -0.3 is 4.90 Å². The summed E-state index contributed by atoms with van der Waals surface area (Å²) in [6, 6.07) is 2.02. The lowest BCUT2D eigenvalue weighted by Gasteiger charge is -2.35. The molecule has 1 aliphatic heterocycles. The molecule has 146 valence electrons. The van der Waals surface area contributed by atoms with Gasteiger partial charge in [0.25, 0.3) is 0 Å². The van der Waals surface area contributed by atoms with Crippen molar-refractivity contribution in [2.45, 2.75) is 59.9 Å². The van der Waals surface area contributed by atoms with E-state index in [9.17, 15) is 4.79 Å². The highest BCUT2D eigenvalue weighted by Crippen LogP contribution is 2.28. The summed E-state index contributed by atoms with van der Waals surface area (Å²) in [6.07, 6.45) is 9.34. The van der Waals surface area contributed by atoms with E-state index >= 15 is 0 Å². The van der Waals surface area contributed by atoms with Crippen LogP contribution in [0.25, 0.3) is 11.4 Å². The van der Waals surface area contributed by atoms with Crippen LogP contribution in [0.1, 0.15) is 52.7 Å². The van der Waals surface area contributed by atoms with Crippen molar-refractivity contribution in [3.05, 3.63) is 30.4 Å². The first-order chi connectivity index (χ1) is 12.9. The molecule has 0 spiro atoms. The van der Waals surface area contributed by atoms with E-state index < -0.39 is 0 Å². The Morgan fingerprint density at radius 1 is 1.15 bits per heavy atom. The van der Waals surface area contributed by atoms with E-state index in [4.69, 9.17) is 0 Å². The Hall–Kier alpha value is -2.24. The molecule has 6 nitrogen and oxygen atoms in total. The molecule has 1 fully saturated rings. The number of hydrogen-bond donors (Lipinski definition) is 0. The van der Waals surface area contributed by atoms with Gasteiger partial charge in [-0.15, -0.1) is 0 Å². The molecule has 0 aliphatic carbocycles. The number of aryl methyl sites for hydroxylation is 1. The van der Waals surface area contributed by atoms with Gasteiger partial charge in [0.1, 0.15) is 5.69 Å². The molecule has 2 aromatic heterocycles. The Kier molecular flexibility index (Phi) is 5.92. The van der Waals surface area contributed by atoms with Crippen LogP contribution in [0.5, 0.6) is 0 Å². The molecule has 27 heavy (non-hydrogen) atoms. The van der Waals surface area contributed by atoms with Crippen molar-refractivity contribution in [1.29, 1.82) is 0 Å². The van der Waals surface area contributed by atoms with Gasteiger partial charge in [-0.2, -0.15) is 5.10 Å². The van der Waals surface area contributed by atoms with Crippen molar-refractivity contribution in [3.8, 4) is 11.4 Å². The fraction of sp³-hybridized carbons (Fsp3) is 0.619. The second kappa shape index (κ2) is 8.19. The minimum absolute atomic E-state index is 0.254. The maximum Gasteiger partial charge on any atom is 0.227 e. The van der Waals surface area contributed by atoms with Crippen molar-refractivity contribution >= 4 is 5.91 Å².